The van der Waals surface area contributed by atoms with Gasteiger partial charge in [-0.2, -0.15) is 18.4 Å². The van der Waals surface area contributed by atoms with E-state index in [1.165, 1.54) is 12.1 Å². The zero-order valence-corrected chi connectivity index (χ0v) is 18.7. The van der Waals surface area contributed by atoms with Crippen molar-refractivity contribution in [3.8, 4) is 6.07 Å². The largest absolute Gasteiger partial charge is 0.450 e. The maximum Gasteiger partial charge on any atom is 0.442 e. The van der Waals surface area contributed by atoms with Gasteiger partial charge in [0, 0.05) is 0 Å². The molecule has 0 N–H and O–H groups in total. The maximum absolute atomic E-state index is 12.9. The zero-order chi connectivity index (χ0) is 24.8. The van der Waals surface area contributed by atoms with Gasteiger partial charge in [0.25, 0.3) is 5.60 Å². The van der Waals surface area contributed by atoms with Crippen LogP contribution in [0.5, 0.6) is 0 Å². The van der Waals surface area contributed by atoms with E-state index in [2.05, 4.69) is 4.74 Å². The quantitative estimate of drug-likeness (QED) is 0.333. The average Bonchev–Trinajstić information content (AvgIpc) is 2.84. The fourth-order valence-electron chi connectivity index (χ4n) is 2.86. The molecule has 0 aromatic heterocycles. The normalized spacial score (nSPS) is 12.9. The van der Waals surface area contributed by atoms with Gasteiger partial charge in [0.1, 0.15) is 6.07 Å². The van der Waals surface area contributed by atoms with Gasteiger partial charge in [0.05, 0.1) is 16.5 Å². The highest BCUT2D eigenvalue weighted by molar-refractivity contribution is 7.97. The molecule has 174 valence electrons. The van der Waals surface area contributed by atoms with Crippen LogP contribution < -0.4 is 0 Å². The Bertz CT molecular complexity index is 1140. The van der Waals surface area contributed by atoms with Crippen molar-refractivity contribution < 1.29 is 32.2 Å². The number of nitrogens with zero attached hydrogens (tertiary/aromatic N) is 1. The van der Waals surface area contributed by atoms with Crippen molar-refractivity contribution in [2.75, 3.05) is 6.61 Å². The Balaban J connectivity index is 1.71. The number of carbonyl (C=O) groups is 2. The van der Waals surface area contributed by atoms with Crippen molar-refractivity contribution in [1.29, 1.82) is 5.26 Å². The Morgan fingerprint density at radius 2 is 1.32 bits per heavy atom. The van der Waals surface area contributed by atoms with Crippen molar-refractivity contribution in [3.05, 3.63) is 90.5 Å². The molecular formula is C25H19F3NO4S+. The monoisotopic (exact) mass is 486 g/mol. The van der Waals surface area contributed by atoms with E-state index >= 15 is 0 Å². The Labute approximate surface area is 197 Å². The summed E-state index contributed by atoms with van der Waals surface area (Å²) < 4.78 is 47.6. The lowest BCUT2D eigenvalue weighted by atomic mass is 10.1. The van der Waals surface area contributed by atoms with Gasteiger partial charge in [-0.3, -0.25) is 0 Å². The molecule has 0 heterocycles. The second-order valence-corrected chi connectivity index (χ2v) is 9.18. The number of hydrogen-bond acceptors (Lipinski definition) is 5. The molecule has 0 saturated carbocycles. The third-order valence-corrected chi connectivity index (χ3v) is 6.91. The van der Waals surface area contributed by atoms with Gasteiger partial charge in [-0.25, -0.2) is 9.59 Å². The summed E-state index contributed by atoms with van der Waals surface area (Å²) in [5, 5.41) is 8.71. The van der Waals surface area contributed by atoms with Crippen LogP contribution in [0.2, 0.25) is 0 Å². The standard InChI is InChI=1S/C25H19F3NO4S/c1-24(17-29,25(26,27)28)33-22(30)16-32-23(31)18-12-14-21(15-13-18)34(19-8-4-2-5-9-19)20-10-6-3-7-11-20/h2-15H,16H2,1H3/q+1. The van der Waals surface area contributed by atoms with Crippen LogP contribution >= 0.6 is 0 Å². The van der Waals surface area contributed by atoms with Crippen molar-refractivity contribution in [2.24, 2.45) is 0 Å². The van der Waals surface area contributed by atoms with Crippen LogP contribution in [0.4, 0.5) is 13.2 Å². The van der Waals surface area contributed by atoms with Crippen LogP contribution in [0.1, 0.15) is 17.3 Å². The topological polar surface area (TPSA) is 76.4 Å². The Hall–Kier alpha value is -3.77. The van der Waals surface area contributed by atoms with Crippen molar-refractivity contribution in [2.45, 2.75) is 33.4 Å². The molecule has 0 aliphatic heterocycles. The number of nitriles is 1. The smallest absolute Gasteiger partial charge is 0.442 e. The second kappa shape index (κ2) is 10.4. The molecular weight excluding hydrogens is 467 g/mol. The molecule has 3 aromatic carbocycles. The van der Waals surface area contributed by atoms with E-state index in [9.17, 15) is 22.8 Å². The lowest BCUT2D eigenvalue weighted by Gasteiger charge is -2.24. The minimum absolute atomic E-state index is 0.111. The number of carbonyl (C=O) groups excluding carboxylic acids is 2. The second-order valence-electron chi connectivity index (χ2n) is 7.15. The zero-order valence-electron chi connectivity index (χ0n) is 17.9. The molecule has 1 atom stereocenters. The van der Waals surface area contributed by atoms with E-state index in [1.807, 2.05) is 60.7 Å². The molecule has 9 heteroatoms. The Morgan fingerprint density at radius 3 is 1.76 bits per heavy atom. The summed E-state index contributed by atoms with van der Waals surface area (Å²) in [6, 6.07) is 27.1. The van der Waals surface area contributed by atoms with E-state index in [-0.39, 0.29) is 5.56 Å². The molecule has 0 spiro atoms. The Morgan fingerprint density at radius 1 is 0.853 bits per heavy atom. The molecule has 1 unspecified atom stereocenters. The summed E-state index contributed by atoms with van der Waals surface area (Å²) in [7, 11) is -0.432. The van der Waals surface area contributed by atoms with E-state index in [1.54, 1.807) is 12.1 Å². The number of benzene rings is 3. The molecule has 0 saturated heterocycles. The van der Waals surface area contributed by atoms with Crippen LogP contribution in [0.3, 0.4) is 0 Å². The molecule has 0 amide bonds. The first kappa shape index (κ1) is 24.9. The number of hydrogen-bond donors (Lipinski definition) is 0. The van der Waals surface area contributed by atoms with Gasteiger partial charge in [0.15, 0.2) is 21.3 Å². The summed E-state index contributed by atoms with van der Waals surface area (Å²) >= 11 is 0. The number of esters is 2. The molecule has 3 aromatic rings. The number of ether oxygens (including phenoxy) is 2. The van der Waals surface area contributed by atoms with Crippen LogP contribution in [0.25, 0.3) is 0 Å². The molecule has 0 aliphatic rings. The van der Waals surface area contributed by atoms with Crippen LogP contribution in [-0.4, -0.2) is 30.3 Å². The molecule has 0 fully saturated rings. The summed E-state index contributed by atoms with van der Waals surface area (Å²) in [6.07, 6.45) is -5.09. The van der Waals surface area contributed by atoms with Crippen molar-refractivity contribution >= 4 is 22.8 Å². The van der Waals surface area contributed by atoms with Gasteiger partial charge >= 0.3 is 18.1 Å². The van der Waals surface area contributed by atoms with E-state index in [0.29, 0.717) is 6.92 Å². The summed E-state index contributed by atoms with van der Waals surface area (Å²) in [5.74, 6) is -2.39. The van der Waals surface area contributed by atoms with E-state index in [4.69, 9.17) is 10.00 Å². The highest BCUT2D eigenvalue weighted by Crippen LogP contribution is 2.33. The van der Waals surface area contributed by atoms with Gasteiger partial charge in [0.2, 0.25) is 0 Å². The van der Waals surface area contributed by atoms with Crippen molar-refractivity contribution in [3.63, 3.8) is 0 Å². The van der Waals surface area contributed by atoms with Crippen LogP contribution in [0.15, 0.2) is 99.6 Å². The maximum atomic E-state index is 12.9. The van der Waals surface area contributed by atoms with E-state index < -0.39 is 41.2 Å². The first-order valence-electron chi connectivity index (χ1n) is 9.96. The number of halogens is 3. The third-order valence-electron chi connectivity index (χ3n) is 4.68. The minimum Gasteiger partial charge on any atom is -0.450 e. The predicted octanol–water partition coefficient (Wildman–Crippen LogP) is 5.33. The van der Waals surface area contributed by atoms with E-state index in [0.717, 1.165) is 20.8 Å². The molecule has 3 rings (SSSR count). The predicted molar refractivity (Wildman–Crippen MR) is 118 cm³/mol. The summed E-state index contributed by atoms with van der Waals surface area (Å²) in [6.45, 7) is -0.644. The van der Waals surface area contributed by atoms with Crippen LogP contribution in [-0.2, 0) is 25.2 Å². The van der Waals surface area contributed by atoms with Gasteiger partial charge in [-0.1, -0.05) is 36.4 Å². The lowest BCUT2D eigenvalue weighted by Crippen LogP contribution is -2.45. The fourth-order valence-corrected chi connectivity index (χ4v) is 4.94. The first-order chi connectivity index (χ1) is 16.1. The summed E-state index contributed by atoms with van der Waals surface area (Å²) in [5.41, 5.74) is -3.22. The highest BCUT2D eigenvalue weighted by Gasteiger charge is 2.55. The number of alkyl halides is 3. The van der Waals surface area contributed by atoms with Crippen LogP contribution in [0, 0.1) is 11.3 Å². The summed E-state index contributed by atoms with van der Waals surface area (Å²) in [4.78, 5) is 27.1. The van der Waals surface area contributed by atoms with Gasteiger partial charge in [-0.05, 0) is 55.5 Å². The SMILES string of the molecule is CC(C#N)(OC(=O)COC(=O)c1ccc([S+](c2ccccc2)c2ccccc2)cc1)C(F)(F)F. The Kier molecular flexibility index (Phi) is 7.64. The molecule has 0 radical (unpaired) electrons. The van der Waals surface area contributed by atoms with Gasteiger partial charge in [-0.15, -0.1) is 0 Å². The first-order valence-corrected chi connectivity index (χ1v) is 11.2. The fraction of sp³-hybridized carbons (Fsp3) is 0.160. The average molecular weight is 486 g/mol. The van der Waals surface area contributed by atoms with Gasteiger partial charge < -0.3 is 9.47 Å². The third kappa shape index (κ3) is 5.77. The number of rotatable bonds is 7. The molecule has 34 heavy (non-hydrogen) atoms. The molecule has 0 bridgehead atoms. The molecule has 5 nitrogen and oxygen atoms in total. The highest BCUT2D eigenvalue weighted by atomic mass is 32.2. The minimum atomic E-state index is -5.09. The lowest BCUT2D eigenvalue weighted by molar-refractivity contribution is -0.244. The molecule has 0 aliphatic carbocycles. The van der Waals surface area contributed by atoms with Crippen molar-refractivity contribution in [1.82, 2.24) is 0 Å².